The Morgan fingerprint density at radius 3 is 2.72 bits per heavy atom. The summed E-state index contributed by atoms with van der Waals surface area (Å²) in [6.07, 6.45) is 6.41. The van der Waals surface area contributed by atoms with Crippen molar-refractivity contribution in [1.82, 2.24) is 0 Å². The summed E-state index contributed by atoms with van der Waals surface area (Å²) >= 11 is 14.1. The maximum atomic E-state index is 6.24. The largest absolute Gasteiger partial charge is 0.330 e. The molecule has 0 bridgehead atoms. The Hall–Kier alpha value is 0.110. The van der Waals surface area contributed by atoms with Crippen LogP contribution in [0.3, 0.4) is 0 Å². The van der Waals surface area contributed by atoms with Gasteiger partial charge in [0.2, 0.25) is 0 Å². The molecule has 1 fully saturated rings. The summed E-state index contributed by atoms with van der Waals surface area (Å²) in [4.78, 5) is 1.09. The number of nitrogens with two attached hydrogens (primary N) is 1. The van der Waals surface area contributed by atoms with Crippen LogP contribution in [0.5, 0.6) is 0 Å². The number of halogens is 2. The average molecular weight is 304 g/mol. The molecular weight excluding hydrogens is 285 g/mol. The fourth-order valence-corrected chi connectivity index (χ4v) is 4.42. The summed E-state index contributed by atoms with van der Waals surface area (Å²) in [5.74, 6) is 0.604. The molecule has 0 aromatic heterocycles. The Labute approximate surface area is 123 Å². The highest BCUT2D eigenvalue weighted by Gasteiger charge is 2.24. The summed E-state index contributed by atoms with van der Waals surface area (Å²) in [6, 6.07) is 5.68. The van der Waals surface area contributed by atoms with E-state index in [0.717, 1.165) is 21.5 Å². The van der Waals surface area contributed by atoms with Crippen LogP contribution in [-0.2, 0) is 0 Å². The first-order valence-corrected chi connectivity index (χ1v) is 8.16. The van der Waals surface area contributed by atoms with E-state index in [1.54, 1.807) is 0 Å². The van der Waals surface area contributed by atoms with Gasteiger partial charge in [0.05, 0.1) is 5.02 Å². The van der Waals surface area contributed by atoms with Gasteiger partial charge in [0.1, 0.15) is 0 Å². The van der Waals surface area contributed by atoms with Crippen LogP contribution in [0, 0.1) is 5.92 Å². The smallest absolute Gasteiger partial charge is 0.0542 e. The lowest BCUT2D eigenvalue weighted by atomic mass is 10.0. The molecule has 4 heteroatoms. The van der Waals surface area contributed by atoms with Gasteiger partial charge >= 0.3 is 0 Å². The van der Waals surface area contributed by atoms with Crippen LogP contribution in [0.4, 0.5) is 0 Å². The van der Waals surface area contributed by atoms with E-state index in [9.17, 15) is 0 Å². The third-order valence-corrected chi connectivity index (χ3v) is 5.76. The summed E-state index contributed by atoms with van der Waals surface area (Å²) in [6.45, 7) is 0.774. The van der Waals surface area contributed by atoms with E-state index in [2.05, 4.69) is 0 Å². The fraction of sp³-hybridized carbons (Fsp3) is 0.571. The van der Waals surface area contributed by atoms with Crippen molar-refractivity contribution >= 4 is 35.0 Å². The van der Waals surface area contributed by atoms with E-state index in [1.807, 2.05) is 30.0 Å². The highest BCUT2D eigenvalue weighted by atomic mass is 35.5. The SMILES string of the molecule is NCC1CCCCCC1Sc1cc(Cl)ccc1Cl. The van der Waals surface area contributed by atoms with Crippen molar-refractivity contribution in [2.24, 2.45) is 11.7 Å². The minimum atomic E-state index is 0.577. The minimum absolute atomic E-state index is 0.577. The topological polar surface area (TPSA) is 26.0 Å². The lowest BCUT2D eigenvalue weighted by Gasteiger charge is -2.23. The van der Waals surface area contributed by atoms with E-state index < -0.39 is 0 Å². The maximum Gasteiger partial charge on any atom is 0.0542 e. The van der Waals surface area contributed by atoms with Crippen LogP contribution in [0.2, 0.25) is 10.0 Å². The second-order valence-electron chi connectivity index (χ2n) is 4.86. The van der Waals surface area contributed by atoms with Crippen molar-refractivity contribution in [1.29, 1.82) is 0 Å². The molecule has 0 aliphatic heterocycles. The van der Waals surface area contributed by atoms with Gasteiger partial charge in [-0.1, -0.05) is 42.5 Å². The Morgan fingerprint density at radius 2 is 1.94 bits per heavy atom. The molecule has 2 N–H and O–H groups in total. The summed E-state index contributed by atoms with van der Waals surface area (Å²) in [7, 11) is 0. The molecule has 2 rings (SSSR count). The molecule has 1 aliphatic carbocycles. The van der Waals surface area contributed by atoms with Gasteiger partial charge < -0.3 is 5.73 Å². The molecule has 2 atom stereocenters. The lowest BCUT2D eigenvalue weighted by molar-refractivity contribution is 0.483. The molecule has 18 heavy (non-hydrogen) atoms. The lowest BCUT2D eigenvalue weighted by Crippen LogP contribution is -2.24. The van der Waals surface area contributed by atoms with Crippen molar-refractivity contribution in [3.63, 3.8) is 0 Å². The zero-order valence-corrected chi connectivity index (χ0v) is 12.7. The third-order valence-electron chi connectivity index (χ3n) is 3.56. The second kappa shape index (κ2) is 7.04. The standard InChI is InChI=1S/C14H19Cl2NS/c15-11-6-7-12(16)14(8-11)18-13-5-3-1-2-4-10(13)9-17/h6-8,10,13H,1-5,9,17H2. The molecule has 0 heterocycles. The van der Waals surface area contributed by atoms with Gasteiger partial charge in [0, 0.05) is 15.2 Å². The number of rotatable bonds is 3. The van der Waals surface area contributed by atoms with Gasteiger partial charge in [-0.2, -0.15) is 0 Å². The van der Waals surface area contributed by atoms with Gasteiger partial charge in [0.15, 0.2) is 0 Å². The predicted molar refractivity (Wildman–Crippen MR) is 81.7 cm³/mol. The van der Waals surface area contributed by atoms with Crippen molar-refractivity contribution in [3.8, 4) is 0 Å². The first-order valence-electron chi connectivity index (χ1n) is 6.52. The predicted octanol–water partition coefficient (Wildman–Crippen LogP) is 4.99. The van der Waals surface area contributed by atoms with Crippen LogP contribution in [-0.4, -0.2) is 11.8 Å². The molecule has 1 aliphatic rings. The van der Waals surface area contributed by atoms with Crippen LogP contribution < -0.4 is 5.73 Å². The second-order valence-corrected chi connectivity index (χ2v) is 6.99. The highest BCUT2D eigenvalue weighted by molar-refractivity contribution is 8.00. The Balaban J connectivity index is 2.12. The van der Waals surface area contributed by atoms with Gasteiger partial charge in [-0.05, 0) is 43.5 Å². The molecule has 0 spiro atoms. The van der Waals surface area contributed by atoms with Gasteiger partial charge in [-0.25, -0.2) is 0 Å². The van der Waals surface area contributed by atoms with Crippen LogP contribution in [0.15, 0.2) is 23.1 Å². The first kappa shape index (κ1) is 14.5. The van der Waals surface area contributed by atoms with E-state index in [1.165, 1.54) is 32.1 Å². The maximum absolute atomic E-state index is 6.24. The van der Waals surface area contributed by atoms with Crippen molar-refractivity contribution in [2.45, 2.75) is 42.2 Å². The van der Waals surface area contributed by atoms with E-state index in [0.29, 0.717) is 11.2 Å². The minimum Gasteiger partial charge on any atom is -0.330 e. The normalized spacial score (nSPS) is 24.8. The number of hydrogen-bond donors (Lipinski definition) is 1. The van der Waals surface area contributed by atoms with Crippen LogP contribution >= 0.6 is 35.0 Å². The van der Waals surface area contributed by atoms with Gasteiger partial charge in [-0.15, -0.1) is 11.8 Å². The number of hydrogen-bond acceptors (Lipinski definition) is 2. The number of benzene rings is 1. The molecular formula is C14H19Cl2NS. The Morgan fingerprint density at radius 1 is 1.17 bits per heavy atom. The van der Waals surface area contributed by atoms with Crippen LogP contribution in [0.1, 0.15) is 32.1 Å². The molecule has 100 valence electrons. The third kappa shape index (κ3) is 3.80. The molecule has 0 radical (unpaired) electrons. The van der Waals surface area contributed by atoms with Gasteiger partial charge in [-0.3, -0.25) is 0 Å². The Bertz CT molecular complexity index is 397. The van der Waals surface area contributed by atoms with Crippen molar-refractivity contribution < 1.29 is 0 Å². The molecule has 0 amide bonds. The van der Waals surface area contributed by atoms with E-state index in [4.69, 9.17) is 28.9 Å². The number of thioether (sulfide) groups is 1. The molecule has 1 aromatic carbocycles. The van der Waals surface area contributed by atoms with Crippen LogP contribution in [0.25, 0.3) is 0 Å². The van der Waals surface area contributed by atoms with Gasteiger partial charge in [0.25, 0.3) is 0 Å². The summed E-state index contributed by atoms with van der Waals surface area (Å²) in [5, 5.41) is 2.12. The molecule has 2 unspecified atom stereocenters. The molecule has 0 saturated heterocycles. The quantitative estimate of drug-likeness (QED) is 0.796. The molecule has 1 nitrogen and oxygen atoms in total. The van der Waals surface area contributed by atoms with E-state index in [-0.39, 0.29) is 0 Å². The molecule has 1 saturated carbocycles. The molecule has 1 aromatic rings. The zero-order chi connectivity index (χ0) is 13.0. The van der Waals surface area contributed by atoms with E-state index >= 15 is 0 Å². The Kier molecular flexibility index (Phi) is 5.68. The van der Waals surface area contributed by atoms with Crippen molar-refractivity contribution in [3.05, 3.63) is 28.2 Å². The highest BCUT2D eigenvalue weighted by Crippen LogP contribution is 2.39. The monoisotopic (exact) mass is 303 g/mol. The average Bonchev–Trinajstić information content (AvgIpc) is 2.59. The first-order chi connectivity index (χ1) is 8.70. The van der Waals surface area contributed by atoms with Crippen molar-refractivity contribution in [2.75, 3.05) is 6.54 Å². The summed E-state index contributed by atoms with van der Waals surface area (Å²) < 4.78 is 0. The summed E-state index contributed by atoms with van der Waals surface area (Å²) in [5.41, 5.74) is 5.91. The fourth-order valence-electron chi connectivity index (χ4n) is 2.51. The zero-order valence-electron chi connectivity index (χ0n) is 10.4.